The first-order valence-corrected chi connectivity index (χ1v) is 8.92. The van der Waals surface area contributed by atoms with Crippen molar-refractivity contribution in [3.05, 3.63) is 59.6 Å². The summed E-state index contributed by atoms with van der Waals surface area (Å²) in [6.45, 7) is 0. The standard InChI is InChI=1S/C20H16ClN3O2/c21-17-9-18-15(16(10-22-18)19-23-11-26-24-19)8-14(17)12-2-4-13(5-3-12)20(25)6-1-7-20/h2-5,8-11,22,25H,1,6-7H2. The second-order valence-electron chi connectivity index (χ2n) is 6.80. The molecule has 1 fully saturated rings. The number of aromatic amines is 1. The van der Waals surface area contributed by atoms with Crippen molar-refractivity contribution in [2.45, 2.75) is 24.9 Å². The fourth-order valence-electron chi connectivity index (χ4n) is 3.60. The lowest BCUT2D eigenvalue weighted by Crippen LogP contribution is -2.33. The van der Waals surface area contributed by atoms with E-state index in [1.54, 1.807) is 0 Å². The van der Waals surface area contributed by atoms with Crippen LogP contribution in [0.25, 0.3) is 33.4 Å². The number of fused-ring (bicyclic) bond motifs is 1. The van der Waals surface area contributed by atoms with E-state index in [2.05, 4.69) is 15.1 Å². The smallest absolute Gasteiger partial charge is 0.214 e. The van der Waals surface area contributed by atoms with E-state index >= 15 is 0 Å². The maximum Gasteiger partial charge on any atom is 0.214 e. The van der Waals surface area contributed by atoms with Gasteiger partial charge in [-0.2, -0.15) is 4.98 Å². The number of nitrogens with zero attached hydrogens (tertiary/aromatic N) is 2. The molecule has 0 atom stereocenters. The largest absolute Gasteiger partial charge is 0.385 e. The van der Waals surface area contributed by atoms with Gasteiger partial charge < -0.3 is 14.6 Å². The second-order valence-corrected chi connectivity index (χ2v) is 7.20. The number of aromatic nitrogens is 3. The van der Waals surface area contributed by atoms with Gasteiger partial charge in [-0.05, 0) is 42.5 Å². The Morgan fingerprint density at radius 2 is 1.92 bits per heavy atom. The fraction of sp³-hybridized carbons (Fsp3) is 0.200. The van der Waals surface area contributed by atoms with Gasteiger partial charge in [0.1, 0.15) is 0 Å². The van der Waals surface area contributed by atoms with Crippen LogP contribution >= 0.6 is 11.6 Å². The Morgan fingerprint density at radius 1 is 1.12 bits per heavy atom. The van der Waals surface area contributed by atoms with Crippen molar-refractivity contribution in [3.8, 4) is 22.5 Å². The van der Waals surface area contributed by atoms with Crippen LogP contribution in [0.15, 0.2) is 53.5 Å². The zero-order valence-corrected chi connectivity index (χ0v) is 14.6. The molecule has 0 bridgehead atoms. The zero-order valence-electron chi connectivity index (χ0n) is 13.9. The van der Waals surface area contributed by atoms with Crippen LogP contribution in [0.2, 0.25) is 5.02 Å². The highest BCUT2D eigenvalue weighted by atomic mass is 35.5. The van der Waals surface area contributed by atoms with Crippen molar-refractivity contribution in [2.24, 2.45) is 0 Å². The van der Waals surface area contributed by atoms with E-state index in [1.807, 2.05) is 42.6 Å². The summed E-state index contributed by atoms with van der Waals surface area (Å²) < 4.78 is 4.86. The van der Waals surface area contributed by atoms with Crippen LogP contribution in [0.3, 0.4) is 0 Å². The summed E-state index contributed by atoms with van der Waals surface area (Å²) in [6.07, 6.45) is 5.90. The molecule has 5 rings (SSSR count). The van der Waals surface area contributed by atoms with Gasteiger partial charge in [0.15, 0.2) is 0 Å². The van der Waals surface area contributed by atoms with Crippen LogP contribution in [0.5, 0.6) is 0 Å². The minimum Gasteiger partial charge on any atom is -0.385 e. The van der Waals surface area contributed by atoms with E-state index in [0.717, 1.165) is 52.4 Å². The molecule has 6 heteroatoms. The Kier molecular flexibility index (Phi) is 3.42. The molecule has 130 valence electrons. The minimum atomic E-state index is -0.654. The predicted molar refractivity (Wildman–Crippen MR) is 99.8 cm³/mol. The highest BCUT2D eigenvalue weighted by Crippen LogP contribution is 2.42. The molecule has 26 heavy (non-hydrogen) atoms. The first-order valence-electron chi connectivity index (χ1n) is 8.55. The highest BCUT2D eigenvalue weighted by Gasteiger charge is 2.35. The minimum absolute atomic E-state index is 0.534. The number of H-pyrrole nitrogens is 1. The van der Waals surface area contributed by atoms with E-state index in [0.29, 0.717) is 10.8 Å². The molecule has 1 saturated carbocycles. The van der Waals surface area contributed by atoms with Crippen molar-refractivity contribution in [2.75, 3.05) is 0 Å². The maximum atomic E-state index is 10.5. The molecule has 1 aliphatic rings. The van der Waals surface area contributed by atoms with Gasteiger partial charge in [0.2, 0.25) is 12.2 Å². The van der Waals surface area contributed by atoms with Gasteiger partial charge in [0.25, 0.3) is 0 Å². The van der Waals surface area contributed by atoms with Crippen LogP contribution in [-0.2, 0) is 5.60 Å². The van der Waals surface area contributed by atoms with E-state index in [9.17, 15) is 5.11 Å². The molecule has 0 amide bonds. The SMILES string of the molecule is OC1(c2ccc(-c3cc4c(-c5ncon5)c[nH]c4cc3Cl)cc2)CCC1. The molecule has 5 nitrogen and oxygen atoms in total. The van der Waals surface area contributed by atoms with Gasteiger partial charge >= 0.3 is 0 Å². The number of hydrogen-bond acceptors (Lipinski definition) is 4. The third-order valence-electron chi connectivity index (χ3n) is 5.29. The summed E-state index contributed by atoms with van der Waals surface area (Å²) >= 11 is 6.52. The third kappa shape index (κ3) is 2.35. The molecule has 0 unspecified atom stereocenters. The summed E-state index contributed by atoms with van der Waals surface area (Å²) in [7, 11) is 0. The lowest BCUT2D eigenvalue weighted by atomic mass is 9.75. The summed E-state index contributed by atoms with van der Waals surface area (Å²) in [5.41, 5.74) is 4.03. The van der Waals surface area contributed by atoms with Crippen LogP contribution in [0, 0.1) is 0 Å². The van der Waals surface area contributed by atoms with Crippen molar-refractivity contribution < 1.29 is 9.63 Å². The molecule has 1 aliphatic carbocycles. The lowest BCUT2D eigenvalue weighted by molar-refractivity contribution is -0.0387. The van der Waals surface area contributed by atoms with Crippen LogP contribution in [0.1, 0.15) is 24.8 Å². The Bertz CT molecular complexity index is 1080. The Labute approximate surface area is 154 Å². The first-order chi connectivity index (χ1) is 12.6. The topological polar surface area (TPSA) is 74.9 Å². The fourth-order valence-corrected chi connectivity index (χ4v) is 3.87. The summed E-state index contributed by atoms with van der Waals surface area (Å²) in [5, 5.41) is 16.1. The lowest BCUT2D eigenvalue weighted by Gasteiger charge is -2.37. The molecule has 2 aromatic carbocycles. The van der Waals surface area contributed by atoms with Gasteiger partial charge in [0, 0.05) is 28.2 Å². The molecular formula is C20H16ClN3O2. The van der Waals surface area contributed by atoms with Crippen molar-refractivity contribution in [1.82, 2.24) is 15.1 Å². The molecule has 2 aromatic heterocycles. The molecular weight excluding hydrogens is 350 g/mol. The molecule has 0 aliphatic heterocycles. The predicted octanol–water partition coefficient (Wildman–Crippen LogP) is 4.91. The first kappa shape index (κ1) is 15.6. The highest BCUT2D eigenvalue weighted by molar-refractivity contribution is 6.34. The maximum absolute atomic E-state index is 10.5. The summed E-state index contributed by atoms with van der Waals surface area (Å²) in [6, 6.07) is 12.0. The molecule has 0 saturated heterocycles. The molecule has 0 radical (unpaired) electrons. The zero-order chi connectivity index (χ0) is 17.7. The Hall–Kier alpha value is -2.63. The average Bonchev–Trinajstić information content (AvgIpc) is 3.28. The van der Waals surface area contributed by atoms with Gasteiger partial charge in [-0.3, -0.25) is 0 Å². The van der Waals surface area contributed by atoms with E-state index in [4.69, 9.17) is 16.1 Å². The molecule has 0 spiro atoms. The number of aliphatic hydroxyl groups is 1. The number of nitrogens with one attached hydrogen (secondary N) is 1. The van der Waals surface area contributed by atoms with Gasteiger partial charge in [-0.15, -0.1) is 0 Å². The number of halogens is 1. The third-order valence-corrected chi connectivity index (χ3v) is 5.60. The van der Waals surface area contributed by atoms with Crippen LogP contribution in [0.4, 0.5) is 0 Å². The number of benzene rings is 2. The monoisotopic (exact) mass is 365 g/mol. The van der Waals surface area contributed by atoms with Crippen LogP contribution in [-0.4, -0.2) is 20.2 Å². The van der Waals surface area contributed by atoms with E-state index < -0.39 is 5.60 Å². The Balaban J connectivity index is 1.60. The number of rotatable bonds is 3. The van der Waals surface area contributed by atoms with Crippen molar-refractivity contribution >= 4 is 22.5 Å². The molecule has 2 heterocycles. The summed E-state index contributed by atoms with van der Waals surface area (Å²) in [5.74, 6) is 0.534. The molecule has 4 aromatic rings. The number of hydrogen-bond donors (Lipinski definition) is 2. The average molecular weight is 366 g/mol. The van der Waals surface area contributed by atoms with Crippen LogP contribution < -0.4 is 0 Å². The Morgan fingerprint density at radius 3 is 2.58 bits per heavy atom. The van der Waals surface area contributed by atoms with Gasteiger partial charge in [0.05, 0.1) is 10.6 Å². The van der Waals surface area contributed by atoms with Crippen molar-refractivity contribution in [1.29, 1.82) is 0 Å². The van der Waals surface area contributed by atoms with E-state index in [1.165, 1.54) is 6.39 Å². The second kappa shape index (κ2) is 5.69. The normalized spacial score (nSPS) is 15.9. The van der Waals surface area contributed by atoms with Crippen molar-refractivity contribution in [3.63, 3.8) is 0 Å². The van der Waals surface area contributed by atoms with Gasteiger partial charge in [-0.25, -0.2) is 0 Å². The van der Waals surface area contributed by atoms with Gasteiger partial charge in [-0.1, -0.05) is 41.0 Å². The quantitative estimate of drug-likeness (QED) is 0.541. The van der Waals surface area contributed by atoms with E-state index in [-0.39, 0.29) is 0 Å². The summed E-state index contributed by atoms with van der Waals surface area (Å²) in [4.78, 5) is 7.33. The molecule has 2 N–H and O–H groups in total.